The fraction of sp³-hybridized carbons (Fsp3) is 0.200. The first-order valence-corrected chi connectivity index (χ1v) is 8.87. The number of benzene rings is 2. The second-order valence-corrected chi connectivity index (χ2v) is 6.96. The highest BCUT2D eigenvalue weighted by atomic mass is 32.1. The quantitative estimate of drug-likeness (QED) is 0.691. The summed E-state index contributed by atoms with van der Waals surface area (Å²) < 4.78 is 0. The van der Waals surface area contributed by atoms with E-state index in [2.05, 4.69) is 29.4 Å². The van der Waals surface area contributed by atoms with Crippen LogP contribution < -0.4 is 5.32 Å². The molecule has 122 valence electrons. The third-order valence-electron chi connectivity index (χ3n) is 3.94. The molecule has 1 amide bonds. The van der Waals surface area contributed by atoms with E-state index in [9.17, 15) is 4.79 Å². The zero-order valence-corrected chi connectivity index (χ0v) is 14.6. The van der Waals surface area contributed by atoms with Gasteiger partial charge in [0.15, 0.2) is 0 Å². The Kier molecular flexibility index (Phi) is 5.06. The fourth-order valence-electron chi connectivity index (χ4n) is 2.61. The summed E-state index contributed by atoms with van der Waals surface area (Å²) in [4.78, 5) is 16.7. The number of aromatic nitrogens is 1. The van der Waals surface area contributed by atoms with E-state index in [1.54, 1.807) is 11.3 Å². The average Bonchev–Trinajstić information content (AvgIpc) is 3.02. The Morgan fingerprint density at radius 2 is 1.83 bits per heavy atom. The van der Waals surface area contributed by atoms with Crippen LogP contribution in [0, 0.1) is 6.92 Å². The maximum Gasteiger partial charge on any atom is 0.224 e. The average molecular weight is 336 g/mol. The number of hydrogen-bond acceptors (Lipinski definition) is 3. The van der Waals surface area contributed by atoms with Gasteiger partial charge in [-0.2, -0.15) is 0 Å². The molecule has 0 aliphatic heterocycles. The van der Waals surface area contributed by atoms with Crippen LogP contribution in [0.1, 0.15) is 29.8 Å². The molecular weight excluding hydrogens is 316 g/mol. The summed E-state index contributed by atoms with van der Waals surface area (Å²) in [7, 11) is 0. The summed E-state index contributed by atoms with van der Waals surface area (Å²) in [5, 5.41) is 6.07. The number of hydrogen-bond donors (Lipinski definition) is 1. The lowest BCUT2D eigenvalue weighted by molar-refractivity contribution is -0.116. The van der Waals surface area contributed by atoms with Gasteiger partial charge in [-0.1, -0.05) is 49.4 Å². The van der Waals surface area contributed by atoms with Crippen molar-refractivity contribution in [1.82, 2.24) is 4.98 Å². The topological polar surface area (TPSA) is 42.0 Å². The van der Waals surface area contributed by atoms with E-state index < -0.39 is 0 Å². The van der Waals surface area contributed by atoms with Crippen molar-refractivity contribution in [1.29, 1.82) is 0 Å². The molecule has 2 aromatic carbocycles. The third-order valence-corrected chi connectivity index (χ3v) is 4.72. The lowest BCUT2D eigenvalue weighted by Gasteiger charge is -2.12. The molecule has 3 aromatic rings. The normalized spacial score (nSPS) is 11.9. The second-order valence-electron chi connectivity index (χ2n) is 5.89. The maximum atomic E-state index is 12.2. The molecule has 1 unspecified atom stereocenters. The molecule has 4 heteroatoms. The minimum absolute atomic E-state index is 0.0311. The number of anilines is 1. The molecule has 1 aromatic heterocycles. The van der Waals surface area contributed by atoms with Gasteiger partial charge < -0.3 is 5.32 Å². The van der Waals surface area contributed by atoms with E-state index in [1.165, 1.54) is 5.56 Å². The molecule has 1 atom stereocenters. The zero-order chi connectivity index (χ0) is 16.9. The lowest BCUT2D eigenvalue weighted by atomic mass is 9.97. The molecule has 0 aliphatic rings. The lowest BCUT2D eigenvalue weighted by Crippen LogP contribution is -2.14. The predicted octanol–water partition coefficient (Wildman–Crippen LogP) is 5.25. The van der Waals surface area contributed by atoms with Gasteiger partial charge in [-0.15, -0.1) is 11.3 Å². The Hall–Kier alpha value is -2.46. The van der Waals surface area contributed by atoms with E-state index >= 15 is 0 Å². The number of amides is 1. The SMILES string of the molecule is Cc1nc(-c2ccc(NC(=O)CC(C)c3ccccc3)cc2)cs1. The predicted molar refractivity (Wildman–Crippen MR) is 100 cm³/mol. The standard InChI is InChI=1S/C20H20N2OS/c1-14(16-6-4-3-5-7-16)12-20(23)22-18-10-8-17(9-11-18)19-13-24-15(2)21-19/h3-11,13-14H,12H2,1-2H3,(H,22,23). The minimum atomic E-state index is 0.0311. The second kappa shape index (κ2) is 7.41. The summed E-state index contributed by atoms with van der Waals surface area (Å²) >= 11 is 1.64. The van der Waals surface area contributed by atoms with Crippen LogP contribution in [0.4, 0.5) is 5.69 Å². The molecule has 0 bridgehead atoms. The molecule has 0 fully saturated rings. The van der Waals surface area contributed by atoms with E-state index in [1.807, 2.05) is 54.8 Å². The van der Waals surface area contributed by atoms with Gasteiger partial charge in [-0.3, -0.25) is 4.79 Å². The van der Waals surface area contributed by atoms with Crippen LogP contribution in [0.5, 0.6) is 0 Å². The van der Waals surface area contributed by atoms with Crippen LogP contribution in [0.15, 0.2) is 60.0 Å². The summed E-state index contributed by atoms with van der Waals surface area (Å²) in [6.45, 7) is 4.07. The molecule has 0 saturated carbocycles. The molecule has 3 rings (SSSR count). The molecule has 3 nitrogen and oxygen atoms in total. The number of nitrogens with zero attached hydrogens (tertiary/aromatic N) is 1. The summed E-state index contributed by atoms with van der Waals surface area (Å²) in [6.07, 6.45) is 0.469. The van der Waals surface area contributed by atoms with E-state index in [0.29, 0.717) is 6.42 Å². The van der Waals surface area contributed by atoms with Gasteiger partial charge in [0.2, 0.25) is 5.91 Å². The Morgan fingerprint density at radius 3 is 2.46 bits per heavy atom. The van der Waals surface area contributed by atoms with E-state index in [-0.39, 0.29) is 11.8 Å². The first kappa shape index (κ1) is 16.4. The van der Waals surface area contributed by atoms with Crippen molar-refractivity contribution in [3.8, 4) is 11.3 Å². The summed E-state index contributed by atoms with van der Waals surface area (Å²) in [6, 6.07) is 17.9. The Bertz CT molecular complexity index is 809. The molecule has 1 N–H and O–H groups in total. The Morgan fingerprint density at radius 1 is 1.12 bits per heavy atom. The van der Waals surface area contributed by atoms with Gasteiger partial charge in [-0.25, -0.2) is 4.98 Å². The van der Waals surface area contributed by atoms with Gasteiger partial charge in [0.1, 0.15) is 0 Å². The number of aryl methyl sites for hydroxylation is 1. The Labute approximate surface area is 146 Å². The van der Waals surface area contributed by atoms with Crippen LogP contribution in [0.2, 0.25) is 0 Å². The highest BCUT2D eigenvalue weighted by molar-refractivity contribution is 7.09. The van der Waals surface area contributed by atoms with Crippen molar-refractivity contribution in [2.75, 3.05) is 5.32 Å². The van der Waals surface area contributed by atoms with Crippen molar-refractivity contribution >= 4 is 22.9 Å². The molecule has 0 radical (unpaired) electrons. The molecular formula is C20H20N2OS. The number of carbonyl (C=O) groups excluding carboxylic acids is 1. The molecule has 0 aliphatic carbocycles. The van der Waals surface area contributed by atoms with Crippen LogP contribution in [-0.4, -0.2) is 10.9 Å². The number of nitrogens with one attached hydrogen (secondary N) is 1. The molecule has 1 heterocycles. The smallest absolute Gasteiger partial charge is 0.224 e. The molecule has 0 spiro atoms. The van der Waals surface area contributed by atoms with Gasteiger partial charge in [0.25, 0.3) is 0 Å². The number of thiazole rings is 1. The van der Waals surface area contributed by atoms with Gasteiger partial charge in [-0.05, 0) is 30.5 Å². The summed E-state index contributed by atoms with van der Waals surface area (Å²) in [5.74, 6) is 0.229. The minimum Gasteiger partial charge on any atom is -0.326 e. The zero-order valence-electron chi connectivity index (χ0n) is 13.8. The van der Waals surface area contributed by atoms with E-state index in [0.717, 1.165) is 22.0 Å². The van der Waals surface area contributed by atoms with Gasteiger partial charge in [0.05, 0.1) is 10.7 Å². The highest BCUT2D eigenvalue weighted by Gasteiger charge is 2.11. The monoisotopic (exact) mass is 336 g/mol. The van der Waals surface area contributed by atoms with Crippen molar-refractivity contribution in [3.63, 3.8) is 0 Å². The molecule has 24 heavy (non-hydrogen) atoms. The van der Waals surface area contributed by atoms with Crippen molar-refractivity contribution in [2.24, 2.45) is 0 Å². The van der Waals surface area contributed by atoms with Crippen LogP contribution in [-0.2, 0) is 4.79 Å². The molecule has 0 saturated heterocycles. The van der Waals surface area contributed by atoms with Crippen LogP contribution in [0.25, 0.3) is 11.3 Å². The van der Waals surface area contributed by atoms with Crippen molar-refractivity contribution in [2.45, 2.75) is 26.2 Å². The number of carbonyl (C=O) groups is 1. The first-order valence-electron chi connectivity index (χ1n) is 7.99. The largest absolute Gasteiger partial charge is 0.326 e. The van der Waals surface area contributed by atoms with Gasteiger partial charge >= 0.3 is 0 Å². The fourth-order valence-corrected chi connectivity index (χ4v) is 3.23. The number of rotatable bonds is 5. The Balaban J connectivity index is 1.60. The van der Waals surface area contributed by atoms with Crippen LogP contribution >= 0.6 is 11.3 Å². The maximum absolute atomic E-state index is 12.2. The van der Waals surface area contributed by atoms with Gasteiger partial charge in [0, 0.05) is 23.1 Å². The van der Waals surface area contributed by atoms with Crippen LogP contribution in [0.3, 0.4) is 0 Å². The van der Waals surface area contributed by atoms with Crippen molar-refractivity contribution in [3.05, 3.63) is 70.5 Å². The third kappa shape index (κ3) is 4.09. The highest BCUT2D eigenvalue weighted by Crippen LogP contribution is 2.24. The first-order chi connectivity index (χ1) is 11.6. The van der Waals surface area contributed by atoms with E-state index in [4.69, 9.17) is 0 Å². The van der Waals surface area contributed by atoms with Crippen molar-refractivity contribution < 1.29 is 4.79 Å². The summed E-state index contributed by atoms with van der Waals surface area (Å²) in [5.41, 5.74) is 4.04.